The van der Waals surface area contributed by atoms with Crippen molar-refractivity contribution in [1.29, 1.82) is 0 Å². The molecule has 1 aromatic heterocycles. The van der Waals surface area contributed by atoms with Crippen LogP contribution in [-0.2, 0) is 6.42 Å². The minimum Gasteiger partial charge on any atom is -0.333 e. The van der Waals surface area contributed by atoms with Crippen LogP contribution in [0.4, 0.5) is 0 Å². The monoisotopic (exact) mass is 279 g/mol. The third kappa shape index (κ3) is 3.79. The van der Waals surface area contributed by atoms with Crippen molar-refractivity contribution < 1.29 is 4.79 Å². The van der Waals surface area contributed by atoms with Gasteiger partial charge in [0.2, 0.25) is 5.82 Å². The molecular formula is C14H25N5O. The fourth-order valence-corrected chi connectivity index (χ4v) is 2.53. The number of aryl methyl sites for hydroxylation is 1. The summed E-state index contributed by atoms with van der Waals surface area (Å²) in [5, 5.41) is 6.88. The van der Waals surface area contributed by atoms with E-state index in [9.17, 15) is 4.79 Å². The zero-order valence-electron chi connectivity index (χ0n) is 12.7. The van der Waals surface area contributed by atoms with Crippen molar-refractivity contribution in [3.8, 4) is 0 Å². The fraction of sp³-hybridized carbons (Fsp3) is 0.786. The second-order valence-electron chi connectivity index (χ2n) is 5.84. The molecule has 1 N–H and O–H groups in total. The number of hydrogen-bond acceptors (Lipinski definition) is 4. The maximum atomic E-state index is 12.3. The number of amides is 1. The maximum absolute atomic E-state index is 12.3. The lowest BCUT2D eigenvalue weighted by Crippen LogP contribution is -2.49. The minimum absolute atomic E-state index is 0.0483. The number of carbonyl (C=O) groups excluding carboxylic acids is 1. The summed E-state index contributed by atoms with van der Waals surface area (Å²) in [6.07, 6.45) is 1.83. The first-order valence-electron chi connectivity index (χ1n) is 7.53. The summed E-state index contributed by atoms with van der Waals surface area (Å²) in [5.41, 5.74) is 0. The standard InChI is InChI=1S/C14H25N5O/c1-4-5-12-15-13(17-16-12)14(20)19-8-6-18(7-9-19)10-11(2)3/h11H,4-10H2,1-3H3,(H,15,16,17). The van der Waals surface area contributed by atoms with Crippen LogP contribution in [0, 0.1) is 5.92 Å². The minimum atomic E-state index is -0.0483. The number of H-pyrrole nitrogens is 1. The van der Waals surface area contributed by atoms with Gasteiger partial charge in [-0.15, -0.1) is 5.10 Å². The van der Waals surface area contributed by atoms with Crippen molar-refractivity contribution in [3.63, 3.8) is 0 Å². The van der Waals surface area contributed by atoms with E-state index in [4.69, 9.17) is 0 Å². The average Bonchev–Trinajstić information content (AvgIpc) is 2.87. The molecule has 6 nitrogen and oxygen atoms in total. The molecule has 1 amide bonds. The van der Waals surface area contributed by atoms with Crippen LogP contribution in [0.25, 0.3) is 0 Å². The summed E-state index contributed by atoms with van der Waals surface area (Å²) in [7, 11) is 0. The fourth-order valence-electron chi connectivity index (χ4n) is 2.53. The smallest absolute Gasteiger partial charge is 0.293 e. The van der Waals surface area contributed by atoms with Crippen LogP contribution in [-0.4, -0.2) is 63.6 Å². The lowest BCUT2D eigenvalue weighted by molar-refractivity contribution is 0.0612. The number of aromatic nitrogens is 3. The van der Waals surface area contributed by atoms with Crippen molar-refractivity contribution in [2.45, 2.75) is 33.6 Å². The third-order valence-corrected chi connectivity index (χ3v) is 3.49. The molecule has 1 aromatic rings. The Hall–Kier alpha value is -1.43. The van der Waals surface area contributed by atoms with Crippen LogP contribution in [0.1, 0.15) is 43.6 Å². The molecule has 1 fully saturated rings. The van der Waals surface area contributed by atoms with E-state index in [1.165, 1.54) is 0 Å². The molecule has 0 spiro atoms. The van der Waals surface area contributed by atoms with E-state index < -0.39 is 0 Å². The number of carbonyl (C=O) groups is 1. The van der Waals surface area contributed by atoms with Crippen LogP contribution in [0.2, 0.25) is 0 Å². The van der Waals surface area contributed by atoms with Gasteiger partial charge >= 0.3 is 0 Å². The number of nitrogens with one attached hydrogen (secondary N) is 1. The molecule has 20 heavy (non-hydrogen) atoms. The first kappa shape index (κ1) is 15.0. The highest BCUT2D eigenvalue weighted by molar-refractivity contribution is 5.90. The summed E-state index contributed by atoms with van der Waals surface area (Å²) >= 11 is 0. The van der Waals surface area contributed by atoms with Crippen LogP contribution in [0.5, 0.6) is 0 Å². The Morgan fingerprint density at radius 3 is 2.60 bits per heavy atom. The normalized spacial score (nSPS) is 16.9. The molecule has 0 unspecified atom stereocenters. The molecule has 2 rings (SSSR count). The lowest BCUT2D eigenvalue weighted by atomic mass is 10.2. The van der Waals surface area contributed by atoms with Crippen molar-refractivity contribution in [1.82, 2.24) is 25.0 Å². The Morgan fingerprint density at radius 2 is 2.00 bits per heavy atom. The zero-order chi connectivity index (χ0) is 14.5. The van der Waals surface area contributed by atoms with E-state index >= 15 is 0 Å². The number of piperazine rings is 1. The number of rotatable bonds is 5. The summed E-state index contributed by atoms with van der Waals surface area (Å²) in [6, 6.07) is 0. The van der Waals surface area contributed by atoms with Gasteiger partial charge in [-0.3, -0.25) is 14.8 Å². The van der Waals surface area contributed by atoms with Gasteiger partial charge < -0.3 is 4.90 Å². The van der Waals surface area contributed by atoms with Gasteiger partial charge in [-0.1, -0.05) is 20.8 Å². The Bertz CT molecular complexity index is 435. The molecule has 1 saturated heterocycles. The van der Waals surface area contributed by atoms with Crippen molar-refractivity contribution in [2.75, 3.05) is 32.7 Å². The van der Waals surface area contributed by atoms with Crippen LogP contribution in [0.3, 0.4) is 0 Å². The molecule has 112 valence electrons. The van der Waals surface area contributed by atoms with Gasteiger partial charge in [-0.05, 0) is 12.3 Å². The second kappa shape index (κ2) is 6.83. The van der Waals surface area contributed by atoms with Crippen molar-refractivity contribution in [2.24, 2.45) is 5.92 Å². The highest BCUT2D eigenvalue weighted by atomic mass is 16.2. The topological polar surface area (TPSA) is 65.1 Å². The highest BCUT2D eigenvalue weighted by Crippen LogP contribution is 2.08. The Balaban J connectivity index is 1.87. The molecule has 0 aliphatic carbocycles. The first-order chi connectivity index (χ1) is 9.60. The first-order valence-corrected chi connectivity index (χ1v) is 7.53. The Kier molecular flexibility index (Phi) is 5.11. The van der Waals surface area contributed by atoms with E-state index in [-0.39, 0.29) is 5.91 Å². The highest BCUT2D eigenvalue weighted by Gasteiger charge is 2.24. The van der Waals surface area contributed by atoms with Gasteiger partial charge in [0.1, 0.15) is 5.82 Å². The van der Waals surface area contributed by atoms with Gasteiger partial charge in [0.15, 0.2) is 0 Å². The van der Waals surface area contributed by atoms with Crippen LogP contribution >= 0.6 is 0 Å². The maximum Gasteiger partial charge on any atom is 0.293 e. The second-order valence-corrected chi connectivity index (χ2v) is 5.84. The van der Waals surface area contributed by atoms with Gasteiger partial charge in [-0.2, -0.15) is 0 Å². The molecule has 0 aromatic carbocycles. The SMILES string of the molecule is CCCc1nc(C(=O)N2CCN(CC(C)C)CC2)n[nH]1. The third-order valence-electron chi connectivity index (χ3n) is 3.49. The summed E-state index contributed by atoms with van der Waals surface area (Å²) < 4.78 is 0. The van der Waals surface area contributed by atoms with Gasteiger partial charge in [0.05, 0.1) is 0 Å². The van der Waals surface area contributed by atoms with E-state index in [0.717, 1.165) is 51.4 Å². The largest absolute Gasteiger partial charge is 0.333 e. The predicted octanol–water partition coefficient (Wildman–Crippen LogP) is 1.17. The van der Waals surface area contributed by atoms with Crippen LogP contribution in [0.15, 0.2) is 0 Å². The van der Waals surface area contributed by atoms with Crippen molar-refractivity contribution in [3.05, 3.63) is 11.6 Å². The van der Waals surface area contributed by atoms with Gasteiger partial charge in [0, 0.05) is 39.1 Å². The van der Waals surface area contributed by atoms with E-state index in [0.29, 0.717) is 11.7 Å². The molecule has 1 aliphatic heterocycles. The summed E-state index contributed by atoms with van der Waals surface area (Å²) in [5.74, 6) is 1.73. The average molecular weight is 279 g/mol. The zero-order valence-corrected chi connectivity index (χ0v) is 12.7. The summed E-state index contributed by atoms with van der Waals surface area (Å²) in [6.45, 7) is 11.0. The van der Waals surface area contributed by atoms with E-state index in [1.54, 1.807) is 0 Å². The molecule has 0 bridgehead atoms. The number of nitrogens with zero attached hydrogens (tertiary/aromatic N) is 4. The van der Waals surface area contributed by atoms with E-state index in [2.05, 4.69) is 40.9 Å². The lowest BCUT2D eigenvalue weighted by Gasteiger charge is -2.34. The molecule has 0 saturated carbocycles. The Morgan fingerprint density at radius 1 is 1.30 bits per heavy atom. The molecular weight excluding hydrogens is 254 g/mol. The van der Waals surface area contributed by atoms with Gasteiger partial charge in [-0.25, -0.2) is 4.98 Å². The van der Waals surface area contributed by atoms with Crippen LogP contribution < -0.4 is 0 Å². The van der Waals surface area contributed by atoms with E-state index in [1.807, 2.05) is 4.90 Å². The summed E-state index contributed by atoms with van der Waals surface area (Å²) in [4.78, 5) is 20.8. The van der Waals surface area contributed by atoms with Crippen molar-refractivity contribution >= 4 is 5.91 Å². The molecule has 0 radical (unpaired) electrons. The molecule has 6 heteroatoms. The Labute approximate surface area is 120 Å². The molecule has 2 heterocycles. The number of aromatic amines is 1. The molecule has 1 aliphatic rings. The number of hydrogen-bond donors (Lipinski definition) is 1. The predicted molar refractivity (Wildman–Crippen MR) is 77.6 cm³/mol. The quantitative estimate of drug-likeness (QED) is 0.879. The van der Waals surface area contributed by atoms with Gasteiger partial charge in [0.25, 0.3) is 5.91 Å². The molecule has 0 atom stereocenters.